The van der Waals surface area contributed by atoms with Crippen molar-refractivity contribution in [3.63, 3.8) is 0 Å². The van der Waals surface area contributed by atoms with Gasteiger partial charge in [0.1, 0.15) is 0 Å². The Labute approximate surface area is 169 Å². The fourth-order valence-corrected chi connectivity index (χ4v) is 6.00. The summed E-state index contributed by atoms with van der Waals surface area (Å²) in [7, 11) is 0. The summed E-state index contributed by atoms with van der Waals surface area (Å²) in [5.74, 6) is 0.490. The molecule has 0 bridgehead atoms. The number of thioether (sulfide) groups is 1. The first-order valence-electron chi connectivity index (χ1n) is 9.62. The van der Waals surface area contributed by atoms with E-state index in [9.17, 15) is 9.59 Å². The smallest absolute Gasteiger partial charge is 0.344 e. The topological polar surface area (TPSA) is 94.3 Å². The molecular formula is C18H21N5O3S2. The number of aryl methyl sites for hydroxylation is 2. The van der Waals surface area contributed by atoms with E-state index in [-0.39, 0.29) is 17.4 Å². The molecular weight excluding hydrogens is 398 g/mol. The Balaban J connectivity index is 1.38. The molecule has 1 aliphatic heterocycles. The van der Waals surface area contributed by atoms with Crippen molar-refractivity contribution in [3.8, 4) is 0 Å². The molecule has 3 aromatic rings. The molecule has 0 radical (unpaired) electrons. The standard InChI is InChI=1S/C18H21N5O3S2/c24-15-8-11(19-17-23(15)13-5-1-2-6-14(13)28-17)10-27-18-21-20-16(25)22(18)9-12-4-3-7-26-12/h8,12H,1-7,9-10H2,(H,20,25)/t12-/m0/s1. The summed E-state index contributed by atoms with van der Waals surface area (Å²) in [4.78, 5) is 31.5. The Morgan fingerprint density at radius 3 is 3.04 bits per heavy atom. The number of ether oxygens (including phenoxy) is 1. The van der Waals surface area contributed by atoms with Crippen molar-refractivity contribution in [2.24, 2.45) is 0 Å². The molecule has 0 amide bonds. The van der Waals surface area contributed by atoms with Crippen molar-refractivity contribution >= 4 is 28.1 Å². The number of hydrogen-bond donors (Lipinski definition) is 1. The van der Waals surface area contributed by atoms with Gasteiger partial charge in [0.15, 0.2) is 10.1 Å². The van der Waals surface area contributed by atoms with Gasteiger partial charge in [-0.1, -0.05) is 11.8 Å². The minimum atomic E-state index is -0.229. The summed E-state index contributed by atoms with van der Waals surface area (Å²) in [6, 6.07) is 1.61. The molecule has 8 nitrogen and oxygen atoms in total. The third-order valence-corrected chi connectivity index (χ3v) is 7.45. The van der Waals surface area contributed by atoms with Gasteiger partial charge < -0.3 is 4.74 Å². The Hall–Kier alpha value is -1.91. The molecule has 1 fully saturated rings. The van der Waals surface area contributed by atoms with Gasteiger partial charge >= 0.3 is 5.69 Å². The first kappa shape index (κ1) is 18.1. The van der Waals surface area contributed by atoms with Crippen LogP contribution in [0.1, 0.15) is 41.9 Å². The predicted octanol–water partition coefficient (Wildman–Crippen LogP) is 1.99. The highest BCUT2D eigenvalue weighted by Gasteiger charge is 2.21. The second-order valence-corrected chi connectivity index (χ2v) is 9.23. The van der Waals surface area contributed by atoms with Crippen LogP contribution in [-0.2, 0) is 29.9 Å². The van der Waals surface area contributed by atoms with Crippen LogP contribution in [0.2, 0.25) is 0 Å². The summed E-state index contributed by atoms with van der Waals surface area (Å²) >= 11 is 3.04. The number of fused-ring (bicyclic) bond motifs is 3. The lowest BCUT2D eigenvalue weighted by Gasteiger charge is -2.11. The highest BCUT2D eigenvalue weighted by atomic mass is 32.2. The molecule has 0 aromatic carbocycles. The molecule has 1 N–H and O–H groups in total. The van der Waals surface area contributed by atoms with Crippen LogP contribution in [0.5, 0.6) is 0 Å². The number of thiazole rings is 1. The van der Waals surface area contributed by atoms with Crippen LogP contribution in [0.15, 0.2) is 20.8 Å². The zero-order valence-corrected chi connectivity index (χ0v) is 17.0. The molecule has 10 heteroatoms. The average molecular weight is 420 g/mol. The summed E-state index contributed by atoms with van der Waals surface area (Å²) in [5.41, 5.74) is 1.61. The highest BCUT2D eigenvalue weighted by molar-refractivity contribution is 7.98. The van der Waals surface area contributed by atoms with Gasteiger partial charge in [-0.05, 0) is 38.5 Å². The summed E-state index contributed by atoms with van der Waals surface area (Å²) in [6.07, 6.45) is 6.34. The van der Waals surface area contributed by atoms with Gasteiger partial charge in [-0.3, -0.25) is 13.8 Å². The maximum atomic E-state index is 12.7. The number of aromatic nitrogens is 5. The number of aromatic amines is 1. The van der Waals surface area contributed by atoms with E-state index in [1.807, 2.05) is 0 Å². The zero-order valence-electron chi connectivity index (χ0n) is 15.3. The van der Waals surface area contributed by atoms with E-state index in [0.29, 0.717) is 23.1 Å². The number of nitrogens with zero attached hydrogens (tertiary/aromatic N) is 4. The second kappa shape index (κ2) is 7.49. The molecule has 0 unspecified atom stereocenters. The van der Waals surface area contributed by atoms with Gasteiger partial charge in [-0.2, -0.15) is 0 Å². The summed E-state index contributed by atoms with van der Waals surface area (Å²) in [6.45, 7) is 1.25. The SMILES string of the molecule is O=c1[nH]nc(SCc2cc(=O)n3c4c(sc3n2)CCCC4)n1C[C@@H]1CCCO1. The van der Waals surface area contributed by atoms with Gasteiger partial charge in [0.2, 0.25) is 0 Å². The van der Waals surface area contributed by atoms with Crippen LogP contribution in [0.4, 0.5) is 0 Å². The first-order chi connectivity index (χ1) is 13.7. The molecule has 3 aromatic heterocycles. The van der Waals surface area contributed by atoms with E-state index >= 15 is 0 Å². The third kappa shape index (κ3) is 3.33. The molecule has 2 aliphatic rings. The fraction of sp³-hybridized carbons (Fsp3) is 0.556. The molecule has 1 atom stereocenters. The normalized spacial score (nSPS) is 19.4. The molecule has 1 aliphatic carbocycles. The van der Waals surface area contributed by atoms with Crippen LogP contribution in [0.25, 0.3) is 4.96 Å². The van der Waals surface area contributed by atoms with Crippen molar-refractivity contribution < 1.29 is 4.74 Å². The number of nitrogens with one attached hydrogen (secondary N) is 1. The molecule has 0 spiro atoms. The van der Waals surface area contributed by atoms with E-state index in [0.717, 1.165) is 49.4 Å². The van der Waals surface area contributed by atoms with Gasteiger partial charge in [0.05, 0.1) is 18.3 Å². The fourth-order valence-electron chi connectivity index (χ4n) is 3.92. The summed E-state index contributed by atoms with van der Waals surface area (Å²) < 4.78 is 9.03. The van der Waals surface area contributed by atoms with Crippen molar-refractivity contribution in [1.29, 1.82) is 0 Å². The second-order valence-electron chi connectivity index (χ2n) is 7.23. The Morgan fingerprint density at radius 1 is 1.29 bits per heavy atom. The van der Waals surface area contributed by atoms with Crippen LogP contribution < -0.4 is 11.2 Å². The number of rotatable bonds is 5. The molecule has 148 valence electrons. The van der Waals surface area contributed by atoms with E-state index < -0.39 is 0 Å². The molecule has 5 rings (SSSR count). The molecule has 4 heterocycles. The monoisotopic (exact) mass is 419 g/mol. The van der Waals surface area contributed by atoms with Gasteiger partial charge in [-0.15, -0.1) is 16.4 Å². The Kier molecular flexibility index (Phi) is 4.85. The predicted molar refractivity (Wildman–Crippen MR) is 107 cm³/mol. The lowest BCUT2D eigenvalue weighted by molar-refractivity contribution is 0.0941. The molecule has 28 heavy (non-hydrogen) atoms. The van der Waals surface area contributed by atoms with E-state index in [1.165, 1.54) is 23.1 Å². The van der Waals surface area contributed by atoms with Crippen LogP contribution in [0.3, 0.4) is 0 Å². The van der Waals surface area contributed by atoms with Crippen LogP contribution in [-0.4, -0.2) is 36.9 Å². The van der Waals surface area contributed by atoms with Gasteiger partial charge in [0, 0.05) is 29.0 Å². The molecule has 1 saturated heterocycles. The zero-order chi connectivity index (χ0) is 19.1. The van der Waals surface area contributed by atoms with Gasteiger partial charge in [0.25, 0.3) is 5.56 Å². The Bertz CT molecular complexity index is 1120. The summed E-state index contributed by atoms with van der Waals surface area (Å²) in [5, 5.41) is 7.26. The van der Waals surface area contributed by atoms with Crippen molar-refractivity contribution in [2.45, 2.75) is 62.1 Å². The lowest BCUT2D eigenvalue weighted by Crippen LogP contribution is -2.25. The minimum absolute atomic E-state index is 0.0150. The van der Waals surface area contributed by atoms with Crippen LogP contribution >= 0.6 is 23.1 Å². The first-order valence-corrected chi connectivity index (χ1v) is 11.4. The van der Waals surface area contributed by atoms with Crippen molar-refractivity contribution in [3.05, 3.63) is 43.2 Å². The van der Waals surface area contributed by atoms with Crippen molar-refractivity contribution in [2.75, 3.05) is 6.61 Å². The van der Waals surface area contributed by atoms with E-state index in [4.69, 9.17) is 9.72 Å². The Morgan fingerprint density at radius 2 is 2.18 bits per heavy atom. The number of H-pyrrole nitrogens is 1. The van der Waals surface area contributed by atoms with Crippen LogP contribution in [0, 0.1) is 0 Å². The van der Waals surface area contributed by atoms with Gasteiger partial charge in [-0.25, -0.2) is 14.9 Å². The van der Waals surface area contributed by atoms with Crippen molar-refractivity contribution in [1.82, 2.24) is 24.1 Å². The minimum Gasteiger partial charge on any atom is -0.376 e. The maximum absolute atomic E-state index is 12.7. The lowest BCUT2D eigenvalue weighted by atomic mass is 10.0. The largest absolute Gasteiger partial charge is 0.376 e. The quantitative estimate of drug-likeness (QED) is 0.636. The third-order valence-electron chi connectivity index (χ3n) is 5.30. The highest BCUT2D eigenvalue weighted by Crippen LogP contribution is 2.29. The number of hydrogen-bond acceptors (Lipinski definition) is 7. The molecule has 0 saturated carbocycles. The maximum Gasteiger partial charge on any atom is 0.344 e. The van der Waals surface area contributed by atoms with E-state index in [1.54, 1.807) is 26.4 Å². The van der Waals surface area contributed by atoms with E-state index in [2.05, 4.69) is 10.2 Å². The average Bonchev–Trinajstić information content (AvgIpc) is 3.40.